The lowest BCUT2D eigenvalue weighted by Crippen LogP contribution is -2.12. The summed E-state index contributed by atoms with van der Waals surface area (Å²) < 4.78 is 12.8. The number of aromatic nitrogens is 2. The number of hydrogen-bond acceptors (Lipinski definition) is 7. The van der Waals surface area contributed by atoms with E-state index in [4.69, 9.17) is 9.47 Å². The normalized spacial score (nSPS) is 10.6. The predicted molar refractivity (Wildman–Crippen MR) is 128 cm³/mol. The summed E-state index contributed by atoms with van der Waals surface area (Å²) in [6.45, 7) is 4.17. The van der Waals surface area contributed by atoms with E-state index in [1.54, 1.807) is 49.4 Å². The van der Waals surface area contributed by atoms with Crippen LogP contribution in [0.2, 0.25) is 0 Å². The highest BCUT2D eigenvalue weighted by Crippen LogP contribution is 2.42. The molecule has 9 heteroatoms. The lowest BCUT2D eigenvalue weighted by molar-refractivity contribution is -0.387. The summed E-state index contributed by atoms with van der Waals surface area (Å²) in [6, 6.07) is 22.3. The third-order valence-electron chi connectivity index (χ3n) is 4.83. The van der Waals surface area contributed by atoms with Crippen LogP contribution in [0.5, 0.6) is 11.6 Å². The molecule has 0 aliphatic rings. The maximum absolute atomic E-state index is 13.0. The Morgan fingerprint density at radius 1 is 1.03 bits per heavy atom. The van der Waals surface area contributed by atoms with Gasteiger partial charge in [-0.25, -0.2) is 4.79 Å². The topological polar surface area (TPSA) is 96.5 Å². The molecule has 0 fully saturated rings. The minimum absolute atomic E-state index is 0.0387. The minimum atomic E-state index is -0.579. The number of carbonyl (C=O) groups is 1. The van der Waals surface area contributed by atoms with Gasteiger partial charge in [-0.1, -0.05) is 42.1 Å². The smallest absolute Gasteiger partial charge is 0.344 e. The molecule has 0 aliphatic heterocycles. The number of aryl methyl sites for hydroxylation is 1. The van der Waals surface area contributed by atoms with Crippen LogP contribution >= 0.6 is 11.8 Å². The van der Waals surface area contributed by atoms with Crippen LogP contribution in [-0.4, -0.2) is 27.3 Å². The second kappa shape index (κ2) is 10.2. The van der Waals surface area contributed by atoms with E-state index in [1.807, 2.05) is 37.3 Å². The number of carbonyl (C=O) groups excluding carboxylic acids is 1. The highest BCUT2D eigenvalue weighted by atomic mass is 32.2. The van der Waals surface area contributed by atoms with Gasteiger partial charge in [0.2, 0.25) is 5.88 Å². The van der Waals surface area contributed by atoms with E-state index < -0.39 is 10.9 Å². The van der Waals surface area contributed by atoms with Crippen LogP contribution < -0.4 is 9.47 Å². The fourth-order valence-corrected chi connectivity index (χ4v) is 4.27. The lowest BCUT2D eigenvalue weighted by atomic mass is 10.2. The van der Waals surface area contributed by atoms with Gasteiger partial charge in [0.15, 0.2) is 0 Å². The molecule has 1 aromatic heterocycles. The van der Waals surface area contributed by atoms with Crippen molar-refractivity contribution in [2.45, 2.75) is 23.6 Å². The van der Waals surface area contributed by atoms with Crippen molar-refractivity contribution in [3.05, 3.63) is 100 Å². The molecular formula is C25H21N3O5S. The zero-order valence-corrected chi connectivity index (χ0v) is 19.3. The molecule has 0 unspecified atom stereocenters. The van der Waals surface area contributed by atoms with Gasteiger partial charge >= 0.3 is 5.97 Å². The van der Waals surface area contributed by atoms with Crippen LogP contribution in [0.1, 0.15) is 23.0 Å². The molecule has 8 nitrogen and oxygen atoms in total. The maximum Gasteiger partial charge on any atom is 0.344 e. The standard InChI is InChI=1S/C25H21N3O5S/c1-3-32-20-15-13-18(14-16-20)25(29)33-24-23(34-22-12-8-7-11-21(22)28(30)31)17(2)26-27(24)19-9-5-4-6-10-19/h4-16H,3H2,1-2H3. The van der Waals surface area contributed by atoms with E-state index in [-0.39, 0.29) is 11.6 Å². The number of nitro benzene ring substituents is 1. The Kier molecular flexibility index (Phi) is 6.93. The molecule has 4 rings (SSSR count). The molecule has 4 aromatic rings. The monoisotopic (exact) mass is 475 g/mol. The number of hydrogen-bond donors (Lipinski definition) is 0. The molecule has 0 amide bonds. The first-order valence-electron chi connectivity index (χ1n) is 10.5. The third kappa shape index (κ3) is 4.94. The van der Waals surface area contributed by atoms with Crippen molar-refractivity contribution in [1.82, 2.24) is 9.78 Å². The molecular weight excluding hydrogens is 454 g/mol. The number of para-hydroxylation sites is 2. The summed E-state index contributed by atoms with van der Waals surface area (Å²) in [5.74, 6) is 0.257. The van der Waals surface area contributed by atoms with Gasteiger partial charge in [0.05, 0.1) is 38.3 Å². The van der Waals surface area contributed by atoms with E-state index in [2.05, 4.69) is 5.10 Å². The van der Waals surface area contributed by atoms with E-state index in [1.165, 1.54) is 10.7 Å². The van der Waals surface area contributed by atoms with Crippen molar-refractivity contribution in [3.8, 4) is 17.3 Å². The fraction of sp³-hybridized carbons (Fsp3) is 0.120. The summed E-state index contributed by atoms with van der Waals surface area (Å²) in [7, 11) is 0. The van der Waals surface area contributed by atoms with E-state index in [0.717, 1.165) is 11.8 Å². The molecule has 0 radical (unpaired) electrons. The van der Waals surface area contributed by atoms with Crippen molar-refractivity contribution < 1.29 is 19.2 Å². The van der Waals surface area contributed by atoms with Gasteiger partial charge in [-0.15, -0.1) is 0 Å². The van der Waals surface area contributed by atoms with E-state index in [9.17, 15) is 14.9 Å². The Morgan fingerprint density at radius 2 is 1.71 bits per heavy atom. The third-order valence-corrected chi connectivity index (χ3v) is 6.07. The Hall–Kier alpha value is -4.11. The number of nitro groups is 1. The van der Waals surface area contributed by atoms with Crippen molar-refractivity contribution in [3.63, 3.8) is 0 Å². The van der Waals surface area contributed by atoms with Gasteiger partial charge in [-0.2, -0.15) is 9.78 Å². The average molecular weight is 476 g/mol. The quantitative estimate of drug-likeness (QED) is 0.179. The molecule has 0 spiro atoms. The molecule has 0 atom stereocenters. The first-order chi connectivity index (χ1) is 16.5. The van der Waals surface area contributed by atoms with Gasteiger partial charge in [-0.3, -0.25) is 10.1 Å². The van der Waals surface area contributed by atoms with Gasteiger partial charge in [-0.05, 0) is 56.3 Å². The van der Waals surface area contributed by atoms with Gasteiger partial charge < -0.3 is 9.47 Å². The molecule has 34 heavy (non-hydrogen) atoms. The summed E-state index contributed by atoms with van der Waals surface area (Å²) in [5, 5.41) is 16.1. The highest BCUT2D eigenvalue weighted by molar-refractivity contribution is 7.99. The van der Waals surface area contributed by atoms with Gasteiger partial charge in [0.1, 0.15) is 5.75 Å². The summed E-state index contributed by atoms with van der Waals surface area (Å²) >= 11 is 1.14. The maximum atomic E-state index is 13.0. The first-order valence-corrected chi connectivity index (χ1v) is 11.3. The highest BCUT2D eigenvalue weighted by Gasteiger charge is 2.25. The molecule has 0 N–H and O–H groups in total. The van der Waals surface area contributed by atoms with Crippen LogP contribution in [0.3, 0.4) is 0 Å². The van der Waals surface area contributed by atoms with E-state index in [0.29, 0.717) is 39.1 Å². The summed E-state index contributed by atoms with van der Waals surface area (Å²) in [5.41, 5.74) is 1.56. The SMILES string of the molecule is CCOc1ccc(C(=O)Oc2c(Sc3ccccc3[N+](=O)[O-])c(C)nn2-c2ccccc2)cc1. The molecule has 0 bridgehead atoms. The summed E-state index contributed by atoms with van der Waals surface area (Å²) in [4.78, 5) is 25.0. The van der Waals surface area contributed by atoms with Gasteiger partial charge in [0, 0.05) is 6.07 Å². The molecule has 3 aromatic carbocycles. The van der Waals surface area contributed by atoms with Gasteiger partial charge in [0.25, 0.3) is 5.69 Å². The Bertz CT molecular complexity index is 1320. The predicted octanol–water partition coefficient (Wildman–Crippen LogP) is 5.86. The zero-order chi connectivity index (χ0) is 24.1. The minimum Gasteiger partial charge on any atom is -0.494 e. The molecule has 0 saturated heterocycles. The number of benzene rings is 3. The molecule has 0 saturated carbocycles. The van der Waals surface area contributed by atoms with Crippen LogP contribution in [-0.2, 0) is 0 Å². The van der Waals surface area contributed by atoms with Crippen molar-refractivity contribution in [2.24, 2.45) is 0 Å². The molecule has 0 aliphatic carbocycles. The Labute approximate surface area is 200 Å². The second-order valence-corrected chi connectivity index (χ2v) is 8.19. The number of esters is 1. The summed E-state index contributed by atoms with van der Waals surface area (Å²) in [6.07, 6.45) is 0. The Morgan fingerprint density at radius 3 is 2.38 bits per heavy atom. The van der Waals surface area contributed by atoms with Crippen LogP contribution in [0, 0.1) is 17.0 Å². The van der Waals surface area contributed by atoms with Crippen LogP contribution in [0.15, 0.2) is 88.7 Å². The fourth-order valence-electron chi connectivity index (χ4n) is 3.25. The first kappa shape index (κ1) is 23.1. The molecule has 1 heterocycles. The largest absolute Gasteiger partial charge is 0.494 e. The lowest BCUT2D eigenvalue weighted by Gasteiger charge is -2.11. The number of nitrogens with zero attached hydrogens (tertiary/aromatic N) is 3. The van der Waals surface area contributed by atoms with Crippen molar-refractivity contribution in [1.29, 1.82) is 0 Å². The molecule has 172 valence electrons. The second-order valence-electron chi connectivity index (χ2n) is 7.14. The van der Waals surface area contributed by atoms with Crippen molar-refractivity contribution >= 4 is 23.4 Å². The van der Waals surface area contributed by atoms with Crippen LogP contribution in [0.25, 0.3) is 5.69 Å². The number of ether oxygens (including phenoxy) is 2. The van der Waals surface area contributed by atoms with Crippen LogP contribution in [0.4, 0.5) is 5.69 Å². The Balaban J connectivity index is 1.75. The number of rotatable bonds is 8. The van der Waals surface area contributed by atoms with Crippen molar-refractivity contribution in [2.75, 3.05) is 6.61 Å². The zero-order valence-electron chi connectivity index (χ0n) is 18.5. The van der Waals surface area contributed by atoms with E-state index >= 15 is 0 Å². The average Bonchev–Trinajstić information content (AvgIpc) is 3.15.